The summed E-state index contributed by atoms with van der Waals surface area (Å²) in [5, 5.41) is 0.750. The third-order valence-corrected chi connectivity index (χ3v) is 3.67. The molecule has 0 amide bonds. The van der Waals surface area contributed by atoms with E-state index < -0.39 is 5.97 Å². The molecule has 4 nitrogen and oxygen atoms in total. The monoisotopic (exact) mass is 274 g/mol. The lowest BCUT2D eigenvalue weighted by molar-refractivity contribution is 0.0593. The van der Waals surface area contributed by atoms with Crippen LogP contribution >= 0.6 is 11.8 Å². The average Bonchev–Trinajstić information content (AvgIpc) is 2.42. The lowest BCUT2D eigenvalue weighted by Crippen LogP contribution is -2.04. The van der Waals surface area contributed by atoms with Gasteiger partial charge in [0.15, 0.2) is 5.69 Å². The summed E-state index contributed by atoms with van der Waals surface area (Å²) in [5.74, 6) is -0.476. The lowest BCUT2D eigenvalue weighted by Gasteiger charge is -2.06. The van der Waals surface area contributed by atoms with Gasteiger partial charge in [-0.1, -0.05) is 29.5 Å². The Morgan fingerprint density at radius 3 is 2.58 bits per heavy atom. The second-order valence-electron chi connectivity index (χ2n) is 4.10. The number of rotatable bonds is 3. The molecule has 0 spiro atoms. The Labute approximate surface area is 116 Å². The molecular formula is C14H14N2O2S. The van der Waals surface area contributed by atoms with Gasteiger partial charge in [-0.15, -0.1) is 0 Å². The van der Waals surface area contributed by atoms with Crippen LogP contribution in [0.2, 0.25) is 0 Å². The number of esters is 1. The van der Waals surface area contributed by atoms with E-state index in [1.807, 2.05) is 0 Å². The summed E-state index contributed by atoms with van der Waals surface area (Å²) in [6.07, 6.45) is 3.01. The van der Waals surface area contributed by atoms with E-state index in [1.54, 1.807) is 6.20 Å². The number of nitrogens with zero attached hydrogens (tertiary/aromatic N) is 2. The molecule has 0 bridgehead atoms. The summed E-state index contributed by atoms with van der Waals surface area (Å²) in [5.41, 5.74) is 2.64. The number of aryl methyl sites for hydroxylation is 2. The normalized spacial score (nSPS) is 10.3. The molecule has 0 saturated heterocycles. The summed E-state index contributed by atoms with van der Waals surface area (Å²) in [6, 6.07) is 6.25. The Morgan fingerprint density at radius 1 is 1.21 bits per heavy atom. The molecule has 5 heteroatoms. The van der Waals surface area contributed by atoms with Crippen molar-refractivity contribution in [1.82, 2.24) is 9.97 Å². The van der Waals surface area contributed by atoms with E-state index in [2.05, 4.69) is 46.8 Å². The number of ether oxygens (including phenoxy) is 1. The molecule has 0 atom stereocenters. The third kappa shape index (κ3) is 3.32. The zero-order valence-corrected chi connectivity index (χ0v) is 11.8. The number of benzene rings is 1. The molecule has 19 heavy (non-hydrogen) atoms. The van der Waals surface area contributed by atoms with Crippen LogP contribution in [0.5, 0.6) is 0 Å². The summed E-state index contributed by atoms with van der Waals surface area (Å²) in [7, 11) is 1.32. The Balaban J connectivity index is 2.17. The lowest BCUT2D eigenvalue weighted by atomic mass is 10.2. The molecule has 1 heterocycles. The molecule has 2 rings (SSSR count). The zero-order valence-electron chi connectivity index (χ0n) is 11.0. The van der Waals surface area contributed by atoms with Gasteiger partial charge in [0.2, 0.25) is 0 Å². The maximum Gasteiger partial charge on any atom is 0.358 e. The fraction of sp³-hybridized carbons (Fsp3) is 0.214. The highest BCUT2D eigenvalue weighted by molar-refractivity contribution is 7.99. The van der Waals surface area contributed by atoms with E-state index in [1.165, 1.54) is 36.2 Å². The number of carbonyl (C=O) groups excluding carboxylic acids is 1. The van der Waals surface area contributed by atoms with Crippen LogP contribution < -0.4 is 0 Å². The van der Waals surface area contributed by atoms with Gasteiger partial charge in [0.25, 0.3) is 0 Å². The minimum absolute atomic E-state index is 0.215. The van der Waals surface area contributed by atoms with Gasteiger partial charge in [0, 0.05) is 4.90 Å². The van der Waals surface area contributed by atoms with Crippen LogP contribution in [-0.2, 0) is 4.74 Å². The fourth-order valence-corrected chi connectivity index (χ4v) is 2.40. The zero-order chi connectivity index (χ0) is 13.8. The van der Waals surface area contributed by atoms with Crippen LogP contribution in [0, 0.1) is 13.8 Å². The van der Waals surface area contributed by atoms with Crippen molar-refractivity contribution >= 4 is 17.7 Å². The number of methoxy groups -OCH3 is 1. The van der Waals surface area contributed by atoms with E-state index in [9.17, 15) is 4.79 Å². The van der Waals surface area contributed by atoms with E-state index in [4.69, 9.17) is 0 Å². The van der Waals surface area contributed by atoms with E-state index in [0.29, 0.717) is 0 Å². The van der Waals surface area contributed by atoms with E-state index >= 15 is 0 Å². The highest BCUT2D eigenvalue weighted by Gasteiger charge is 2.08. The standard InChI is InChI=1S/C14H14N2O2S/c1-9-4-5-12(10(2)6-9)19-13-8-15-11(7-16-13)14(17)18-3/h4-8H,1-3H3. The van der Waals surface area contributed by atoms with E-state index in [0.717, 1.165) is 9.92 Å². The highest BCUT2D eigenvalue weighted by Crippen LogP contribution is 2.28. The van der Waals surface area contributed by atoms with Crippen LogP contribution in [0.25, 0.3) is 0 Å². The minimum Gasteiger partial charge on any atom is -0.464 e. The Hall–Kier alpha value is -1.88. The van der Waals surface area contributed by atoms with Gasteiger partial charge in [-0.05, 0) is 25.5 Å². The SMILES string of the molecule is COC(=O)c1cnc(Sc2ccc(C)cc2C)cn1. The van der Waals surface area contributed by atoms with Gasteiger partial charge in [0.1, 0.15) is 5.03 Å². The molecule has 0 unspecified atom stereocenters. The number of hydrogen-bond donors (Lipinski definition) is 0. The Morgan fingerprint density at radius 2 is 2.00 bits per heavy atom. The van der Waals surface area contributed by atoms with Crippen LogP contribution in [0.3, 0.4) is 0 Å². The predicted octanol–water partition coefficient (Wildman–Crippen LogP) is 3.03. The first-order valence-corrected chi connectivity index (χ1v) is 6.57. The van der Waals surface area contributed by atoms with Crippen LogP contribution in [0.4, 0.5) is 0 Å². The van der Waals surface area contributed by atoms with E-state index in [-0.39, 0.29) is 5.69 Å². The average molecular weight is 274 g/mol. The maximum atomic E-state index is 11.2. The van der Waals surface area contributed by atoms with Crippen molar-refractivity contribution in [1.29, 1.82) is 0 Å². The van der Waals surface area contributed by atoms with Gasteiger partial charge in [0.05, 0.1) is 19.5 Å². The molecule has 0 fully saturated rings. The summed E-state index contributed by atoms with van der Waals surface area (Å²) < 4.78 is 4.58. The van der Waals surface area contributed by atoms with Crippen molar-refractivity contribution in [2.45, 2.75) is 23.8 Å². The summed E-state index contributed by atoms with van der Waals surface area (Å²) in [4.78, 5) is 20.6. The smallest absolute Gasteiger partial charge is 0.358 e. The summed E-state index contributed by atoms with van der Waals surface area (Å²) in [6.45, 7) is 4.12. The third-order valence-electron chi connectivity index (χ3n) is 2.57. The molecule has 98 valence electrons. The predicted molar refractivity (Wildman–Crippen MR) is 73.4 cm³/mol. The molecule has 2 aromatic rings. The molecule has 0 radical (unpaired) electrons. The van der Waals surface area contributed by atoms with Gasteiger partial charge >= 0.3 is 5.97 Å². The summed E-state index contributed by atoms with van der Waals surface area (Å²) >= 11 is 1.53. The molecule has 1 aromatic carbocycles. The molecule has 0 aliphatic rings. The Bertz CT molecular complexity index is 597. The maximum absolute atomic E-state index is 11.2. The molecule has 0 aliphatic carbocycles. The first-order valence-electron chi connectivity index (χ1n) is 5.75. The number of aromatic nitrogens is 2. The topological polar surface area (TPSA) is 52.1 Å². The number of hydrogen-bond acceptors (Lipinski definition) is 5. The van der Waals surface area contributed by atoms with Crippen molar-refractivity contribution in [3.8, 4) is 0 Å². The van der Waals surface area contributed by atoms with Gasteiger partial charge in [-0.2, -0.15) is 0 Å². The van der Waals surface area contributed by atoms with Gasteiger partial charge < -0.3 is 4.74 Å². The van der Waals surface area contributed by atoms with Gasteiger partial charge in [-0.25, -0.2) is 14.8 Å². The highest BCUT2D eigenvalue weighted by atomic mass is 32.2. The first-order chi connectivity index (χ1) is 9.10. The molecule has 0 N–H and O–H groups in total. The van der Waals surface area contributed by atoms with Crippen LogP contribution in [0.15, 0.2) is 40.5 Å². The Kier molecular flexibility index (Phi) is 4.16. The second kappa shape index (κ2) is 5.84. The second-order valence-corrected chi connectivity index (χ2v) is 5.16. The molecule has 0 saturated carbocycles. The van der Waals surface area contributed by atoms with Crippen molar-refractivity contribution in [3.05, 3.63) is 47.4 Å². The van der Waals surface area contributed by atoms with Crippen LogP contribution in [0.1, 0.15) is 21.6 Å². The van der Waals surface area contributed by atoms with Crippen molar-refractivity contribution in [2.75, 3.05) is 7.11 Å². The van der Waals surface area contributed by atoms with Crippen molar-refractivity contribution < 1.29 is 9.53 Å². The first kappa shape index (κ1) is 13.5. The quantitative estimate of drug-likeness (QED) is 0.805. The minimum atomic E-state index is -0.476. The molecule has 1 aromatic heterocycles. The number of carbonyl (C=O) groups is 1. The van der Waals surface area contributed by atoms with Crippen molar-refractivity contribution in [3.63, 3.8) is 0 Å². The van der Waals surface area contributed by atoms with Crippen LogP contribution in [-0.4, -0.2) is 23.0 Å². The fourth-order valence-electron chi connectivity index (χ4n) is 1.61. The largest absolute Gasteiger partial charge is 0.464 e. The van der Waals surface area contributed by atoms with Crippen molar-refractivity contribution in [2.24, 2.45) is 0 Å². The van der Waals surface area contributed by atoms with Gasteiger partial charge in [-0.3, -0.25) is 0 Å². The molecular weight excluding hydrogens is 260 g/mol. The molecule has 0 aliphatic heterocycles.